The molecule has 0 saturated heterocycles. The van der Waals surface area contributed by atoms with E-state index in [1.54, 1.807) is 36.4 Å². The number of halogens is 1. The van der Waals surface area contributed by atoms with Gasteiger partial charge in [-0.05, 0) is 85.8 Å². The predicted molar refractivity (Wildman–Crippen MR) is 176 cm³/mol. The lowest BCUT2D eigenvalue weighted by molar-refractivity contribution is -0.140. The third kappa shape index (κ3) is 8.79. The van der Waals surface area contributed by atoms with Gasteiger partial charge < -0.3 is 10.2 Å². The summed E-state index contributed by atoms with van der Waals surface area (Å²) in [6, 6.07) is 26.0. The maximum absolute atomic E-state index is 14.5. The van der Waals surface area contributed by atoms with E-state index < -0.39 is 34.3 Å². The minimum Gasteiger partial charge on any atom is -0.354 e. The van der Waals surface area contributed by atoms with E-state index in [1.165, 1.54) is 29.2 Å². The van der Waals surface area contributed by atoms with Crippen molar-refractivity contribution in [3.63, 3.8) is 0 Å². The summed E-state index contributed by atoms with van der Waals surface area (Å²) in [5.74, 6) is -1.35. The van der Waals surface area contributed by atoms with E-state index in [4.69, 9.17) is 0 Å². The number of rotatable bonds is 13. The second-order valence-electron chi connectivity index (χ2n) is 11.3. The lowest BCUT2D eigenvalue weighted by Crippen LogP contribution is -2.53. The van der Waals surface area contributed by atoms with Crippen LogP contribution in [0.4, 0.5) is 10.1 Å². The Bertz CT molecular complexity index is 1690. The Morgan fingerprint density at radius 1 is 0.800 bits per heavy atom. The number of aryl methyl sites for hydroxylation is 3. The van der Waals surface area contributed by atoms with E-state index >= 15 is 0 Å². The molecular formula is C36H40FN3O4S. The molecule has 0 bridgehead atoms. The van der Waals surface area contributed by atoms with Crippen molar-refractivity contribution in [3.8, 4) is 0 Å². The highest BCUT2D eigenvalue weighted by molar-refractivity contribution is 7.92. The molecule has 0 radical (unpaired) electrons. The number of sulfonamides is 1. The highest BCUT2D eigenvalue weighted by atomic mass is 32.2. The molecule has 45 heavy (non-hydrogen) atoms. The lowest BCUT2D eigenvalue weighted by atomic mass is 10.0. The summed E-state index contributed by atoms with van der Waals surface area (Å²) in [7, 11) is -4.19. The Morgan fingerprint density at radius 3 is 2.02 bits per heavy atom. The van der Waals surface area contributed by atoms with Gasteiger partial charge in [-0.2, -0.15) is 0 Å². The van der Waals surface area contributed by atoms with E-state index in [2.05, 4.69) is 5.32 Å². The van der Waals surface area contributed by atoms with Crippen molar-refractivity contribution < 1.29 is 22.4 Å². The van der Waals surface area contributed by atoms with Gasteiger partial charge in [-0.15, -0.1) is 0 Å². The van der Waals surface area contributed by atoms with Crippen LogP contribution >= 0.6 is 0 Å². The molecule has 4 aromatic rings. The maximum Gasteiger partial charge on any atom is 0.264 e. The molecule has 236 valence electrons. The first-order chi connectivity index (χ1) is 21.5. The van der Waals surface area contributed by atoms with Crippen LogP contribution in [-0.4, -0.2) is 44.3 Å². The Balaban J connectivity index is 1.81. The molecule has 0 heterocycles. The number of anilines is 1. The van der Waals surface area contributed by atoms with E-state index in [1.807, 2.05) is 64.1 Å². The monoisotopic (exact) mass is 629 g/mol. The first-order valence-corrected chi connectivity index (χ1v) is 16.4. The van der Waals surface area contributed by atoms with E-state index in [9.17, 15) is 22.4 Å². The zero-order valence-electron chi connectivity index (χ0n) is 26.2. The molecule has 2 amide bonds. The zero-order chi connectivity index (χ0) is 32.6. The number of benzene rings is 4. The smallest absolute Gasteiger partial charge is 0.264 e. The number of nitrogens with zero attached hydrogens (tertiary/aromatic N) is 2. The average Bonchev–Trinajstić information content (AvgIpc) is 3.01. The van der Waals surface area contributed by atoms with Crippen LogP contribution in [0.5, 0.6) is 0 Å². The Labute approximate surface area is 265 Å². The van der Waals surface area contributed by atoms with Crippen LogP contribution in [0.2, 0.25) is 0 Å². The van der Waals surface area contributed by atoms with Crippen LogP contribution in [-0.2, 0) is 32.6 Å². The average molecular weight is 630 g/mol. The van der Waals surface area contributed by atoms with Gasteiger partial charge in [-0.3, -0.25) is 13.9 Å². The van der Waals surface area contributed by atoms with E-state index in [-0.39, 0.29) is 23.8 Å². The van der Waals surface area contributed by atoms with Crippen LogP contribution in [0.1, 0.15) is 41.2 Å². The van der Waals surface area contributed by atoms with Gasteiger partial charge in [0, 0.05) is 19.5 Å². The molecule has 0 aromatic heterocycles. The van der Waals surface area contributed by atoms with Crippen LogP contribution in [0.25, 0.3) is 0 Å². The molecule has 1 atom stereocenters. The zero-order valence-corrected chi connectivity index (χ0v) is 27.0. The van der Waals surface area contributed by atoms with Gasteiger partial charge in [0.1, 0.15) is 18.4 Å². The van der Waals surface area contributed by atoms with Gasteiger partial charge in [-0.25, -0.2) is 12.8 Å². The minimum absolute atomic E-state index is 0.0264. The van der Waals surface area contributed by atoms with Crippen molar-refractivity contribution in [2.24, 2.45) is 0 Å². The summed E-state index contributed by atoms with van der Waals surface area (Å²) in [5.41, 5.74) is 4.36. The molecule has 0 aliphatic carbocycles. The van der Waals surface area contributed by atoms with Gasteiger partial charge in [-0.1, -0.05) is 73.2 Å². The molecular weight excluding hydrogens is 589 g/mol. The fourth-order valence-electron chi connectivity index (χ4n) is 5.17. The molecule has 0 fully saturated rings. The van der Waals surface area contributed by atoms with Crippen molar-refractivity contribution in [2.45, 2.75) is 58.0 Å². The summed E-state index contributed by atoms with van der Waals surface area (Å²) in [6.45, 7) is 7.37. The van der Waals surface area contributed by atoms with Crippen molar-refractivity contribution in [2.75, 3.05) is 17.4 Å². The first-order valence-electron chi connectivity index (χ1n) is 15.0. The molecule has 0 unspecified atom stereocenters. The van der Waals surface area contributed by atoms with E-state index in [0.29, 0.717) is 24.2 Å². The standard InChI is InChI=1S/C36H40FN3O4S/c1-5-19-38-36(42)34(23-29-9-7-6-8-10-29)39(24-30-13-15-31(37)16-14-30)35(41)25-40(32-21-27(3)20-28(4)22-32)45(43,44)33-17-11-26(2)12-18-33/h6-18,20-22,34H,5,19,23-25H2,1-4H3,(H,38,42)/t34-/m1/s1. The quantitative estimate of drug-likeness (QED) is 0.193. The van der Waals surface area contributed by atoms with Crippen molar-refractivity contribution in [1.29, 1.82) is 0 Å². The number of nitrogens with one attached hydrogen (secondary N) is 1. The normalized spacial score (nSPS) is 11.9. The van der Waals surface area contributed by atoms with Crippen LogP contribution in [0.15, 0.2) is 102 Å². The van der Waals surface area contributed by atoms with Crippen molar-refractivity contribution >= 4 is 27.5 Å². The first kappa shape index (κ1) is 33.4. The number of hydrogen-bond acceptors (Lipinski definition) is 4. The number of carbonyl (C=O) groups excluding carboxylic acids is 2. The molecule has 4 aromatic carbocycles. The Hall–Kier alpha value is -4.50. The van der Waals surface area contributed by atoms with Crippen LogP contribution in [0.3, 0.4) is 0 Å². The molecule has 0 saturated carbocycles. The molecule has 7 nitrogen and oxygen atoms in total. The lowest BCUT2D eigenvalue weighted by Gasteiger charge is -2.34. The third-order valence-corrected chi connectivity index (χ3v) is 9.26. The van der Waals surface area contributed by atoms with Gasteiger partial charge in [0.05, 0.1) is 10.6 Å². The highest BCUT2D eigenvalue weighted by Crippen LogP contribution is 2.27. The second-order valence-corrected chi connectivity index (χ2v) is 13.2. The summed E-state index contributed by atoms with van der Waals surface area (Å²) < 4.78 is 43.3. The topological polar surface area (TPSA) is 86.8 Å². The number of hydrogen-bond donors (Lipinski definition) is 1. The van der Waals surface area contributed by atoms with Crippen LogP contribution < -0.4 is 9.62 Å². The SMILES string of the molecule is CCCNC(=O)[C@@H](Cc1ccccc1)N(Cc1ccc(F)cc1)C(=O)CN(c1cc(C)cc(C)c1)S(=O)(=O)c1ccc(C)cc1. The van der Waals surface area contributed by atoms with Gasteiger partial charge in [0.15, 0.2) is 0 Å². The largest absolute Gasteiger partial charge is 0.354 e. The molecule has 4 rings (SSSR count). The summed E-state index contributed by atoms with van der Waals surface area (Å²) in [6.07, 6.45) is 0.905. The van der Waals surface area contributed by atoms with Gasteiger partial charge >= 0.3 is 0 Å². The summed E-state index contributed by atoms with van der Waals surface area (Å²) >= 11 is 0. The number of amides is 2. The molecule has 0 aliphatic heterocycles. The fraction of sp³-hybridized carbons (Fsp3) is 0.278. The third-order valence-electron chi connectivity index (χ3n) is 7.47. The van der Waals surface area contributed by atoms with Crippen molar-refractivity contribution in [3.05, 3.63) is 131 Å². The fourth-order valence-corrected chi connectivity index (χ4v) is 6.57. The van der Waals surface area contributed by atoms with Crippen molar-refractivity contribution in [1.82, 2.24) is 10.2 Å². The summed E-state index contributed by atoms with van der Waals surface area (Å²) in [4.78, 5) is 29.6. The summed E-state index contributed by atoms with van der Waals surface area (Å²) in [5, 5.41) is 2.92. The Morgan fingerprint density at radius 2 is 1.42 bits per heavy atom. The van der Waals surface area contributed by atoms with E-state index in [0.717, 1.165) is 26.6 Å². The second kappa shape index (κ2) is 15.0. The minimum atomic E-state index is -4.19. The molecule has 0 aliphatic rings. The molecule has 1 N–H and O–H groups in total. The number of carbonyl (C=O) groups is 2. The van der Waals surface area contributed by atoms with Gasteiger partial charge in [0.25, 0.3) is 10.0 Å². The maximum atomic E-state index is 14.5. The molecule has 9 heteroatoms. The van der Waals surface area contributed by atoms with Gasteiger partial charge in [0.2, 0.25) is 11.8 Å². The molecule has 0 spiro atoms. The predicted octanol–water partition coefficient (Wildman–Crippen LogP) is 6.11. The Kier molecular flexibility index (Phi) is 11.1. The van der Waals surface area contributed by atoms with Crippen LogP contribution in [0, 0.1) is 26.6 Å². The highest BCUT2D eigenvalue weighted by Gasteiger charge is 2.34.